The van der Waals surface area contributed by atoms with E-state index in [1.165, 1.54) is 0 Å². The number of benzene rings is 1. The van der Waals surface area contributed by atoms with Crippen LogP contribution in [0, 0.1) is 6.92 Å². The second-order valence-corrected chi connectivity index (χ2v) is 6.72. The lowest BCUT2D eigenvalue weighted by molar-refractivity contribution is 0.176. The van der Waals surface area contributed by atoms with E-state index in [0.29, 0.717) is 12.0 Å². The van der Waals surface area contributed by atoms with Gasteiger partial charge in [0, 0.05) is 17.6 Å². The van der Waals surface area contributed by atoms with Gasteiger partial charge in [-0.25, -0.2) is 4.98 Å². The third kappa shape index (κ3) is 1.56. The summed E-state index contributed by atoms with van der Waals surface area (Å²) >= 11 is 3.55. The van der Waals surface area contributed by atoms with Crippen LogP contribution in [0.25, 0.3) is 10.9 Å². The van der Waals surface area contributed by atoms with E-state index >= 15 is 0 Å². The van der Waals surface area contributed by atoms with E-state index < -0.39 is 0 Å². The Bertz CT molecular complexity index is 776. The molecule has 3 heterocycles. The summed E-state index contributed by atoms with van der Waals surface area (Å²) in [6.45, 7) is 4.21. The van der Waals surface area contributed by atoms with E-state index in [4.69, 9.17) is 9.72 Å². The first-order valence-corrected chi connectivity index (χ1v) is 7.69. The fraction of sp³-hybridized carbons (Fsp3) is 0.467. The molecule has 1 fully saturated rings. The van der Waals surface area contributed by atoms with E-state index in [-0.39, 0.29) is 11.0 Å². The van der Waals surface area contributed by atoms with Gasteiger partial charge in [0.25, 0.3) is 5.56 Å². The van der Waals surface area contributed by atoms with Crippen molar-refractivity contribution < 1.29 is 4.74 Å². The number of hydrogen-bond donors (Lipinski definition) is 0. The maximum absolute atomic E-state index is 12.7. The quantitative estimate of drug-likeness (QED) is 0.743. The molecule has 104 valence electrons. The molecule has 2 aromatic rings. The van der Waals surface area contributed by atoms with Gasteiger partial charge in [-0.05, 0) is 53.4 Å². The molecule has 2 aliphatic rings. The van der Waals surface area contributed by atoms with Gasteiger partial charge in [-0.15, -0.1) is 0 Å². The molecule has 2 aliphatic heterocycles. The van der Waals surface area contributed by atoms with E-state index in [1.807, 2.05) is 23.6 Å². The summed E-state index contributed by atoms with van der Waals surface area (Å²) in [6.07, 6.45) is 1.93. The molecule has 0 aliphatic carbocycles. The number of aryl methyl sites for hydroxylation is 1. The van der Waals surface area contributed by atoms with E-state index in [0.717, 1.165) is 47.4 Å². The van der Waals surface area contributed by atoms with Crippen LogP contribution in [-0.2, 0) is 16.7 Å². The Hall–Kier alpha value is -1.20. The van der Waals surface area contributed by atoms with Gasteiger partial charge in [0.1, 0.15) is 5.82 Å². The van der Waals surface area contributed by atoms with Gasteiger partial charge in [0.2, 0.25) is 0 Å². The van der Waals surface area contributed by atoms with Crippen molar-refractivity contribution in [3.63, 3.8) is 0 Å². The van der Waals surface area contributed by atoms with Crippen molar-refractivity contribution in [2.24, 2.45) is 0 Å². The second-order valence-electron chi connectivity index (χ2n) is 5.87. The Morgan fingerprint density at radius 3 is 3.00 bits per heavy atom. The summed E-state index contributed by atoms with van der Waals surface area (Å²) in [6, 6.07) is 3.94. The molecule has 0 amide bonds. The third-order valence-electron chi connectivity index (χ3n) is 4.55. The van der Waals surface area contributed by atoms with E-state index in [9.17, 15) is 4.79 Å². The van der Waals surface area contributed by atoms with Gasteiger partial charge < -0.3 is 4.74 Å². The number of nitrogens with zero attached hydrogens (tertiary/aromatic N) is 2. The highest BCUT2D eigenvalue weighted by Crippen LogP contribution is 2.40. The topological polar surface area (TPSA) is 44.1 Å². The van der Waals surface area contributed by atoms with Crippen LogP contribution in [0.1, 0.15) is 24.2 Å². The average molecular weight is 335 g/mol. The molecule has 1 unspecified atom stereocenters. The fourth-order valence-electron chi connectivity index (χ4n) is 3.45. The van der Waals surface area contributed by atoms with Crippen LogP contribution in [0.4, 0.5) is 0 Å². The monoisotopic (exact) mass is 334 g/mol. The predicted octanol–water partition coefficient (Wildman–Crippen LogP) is 2.53. The molecule has 1 aromatic carbocycles. The smallest absolute Gasteiger partial charge is 0.261 e. The van der Waals surface area contributed by atoms with Crippen LogP contribution in [0.5, 0.6) is 0 Å². The molecule has 4 rings (SSSR count). The molecule has 0 N–H and O–H groups in total. The fourth-order valence-corrected chi connectivity index (χ4v) is 4.11. The van der Waals surface area contributed by atoms with Crippen molar-refractivity contribution in [3.05, 3.63) is 38.3 Å². The third-order valence-corrected chi connectivity index (χ3v) is 5.15. The van der Waals surface area contributed by atoms with Gasteiger partial charge in [-0.2, -0.15) is 0 Å². The Balaban J connectivity index is 2.08. The number of fused-ring (bicyclic) bond motifs is 3. The number of hydrogen-bond acceptors (Lipinski definition) is 3. The molecule has 1 atom stereocenters. The first-order valence-electron chi connectivity index (χ1n) is 6.90. The Labute approximate surface area is 124 Å². The maximum Gasteiger partial charge on any atom is 0.261 e. The largest absolute Gasteiger partial charge is 0.380 e. The van der Waals surface area contributed by atoms with Crippen molar-refractivity contribution in [2.45, 2.75) is 31.7 Å². The molecule has 5 heteroatoms. The number of halogens is 1. The summed E-state index contributed by atoms with van der Waals surface area (Å²) < 4.78 is 8.32. The molecular formula is C15H15BrN2O2. The summed E-state index contributed by atoms with van der Waals surface area (Å²) in [5, 5.41) is 0.705. The van der Waals surface area contributed by atoms with Gasteiger partial charge in [0.05, 0.1) is 22.9 Å². The van der Waals surface area contributed by atoms with Crippen molar-refractivity contribution in [1.82, 2.24) is 9.55 Å². The number of aromatic nitrogens is 2. The minimum Gasteiger partial charge on any atom is -0.380 e. The van der Waals surface area contributed by atoms with Crippen molar-refractivity contribution >= 4 is 26.8 Å². The zero-order valence-corrected chi connectivity index (χ0v) is 12.9. The Kier molecular flexibility index (Phi) is 2.60. The van der Waals surface area contributed by atoms with Crippen LogP contribution in [0.15, 0.2) is 21.4 Å². The lowest BCUT2D eigenvalue weighted by Crippen LogP contribution is -2.29. The SMILES string of the molecule is Cc1cc(Br)c2nc3n(c(=O)c2c1)CCC31CCOC1. The molecule has 1 spiro atoms. The van der Waals surface area contributed by atoms with Crippen LogP contribution < -0.4 is 5.56 Å². The van der Waals surface area contributed by atoms with E-state index in [2.05, 4.69) is 15.9 Å². The molecule has 20 heavy (non-hydrogen) atoms. The van der Waals surface area contributed by atoms with Crippen LogP contribution in [0.3, 0.4) is 0 Å². The molecular weight excluding hydrogens is 320 g/mol. The second kappa shape index (κ2) is 4.15. The summed E-state index contributed by atoms with van der Waals surface area (Å²) in [7, 11) is 0. The summed E-state index contributed by atoms with van der Waals surface area (Å²) in [4.78, 5) is 17.6. The first-order chi connectivity index (χ1) is 9.61. The summed E-state index contributed by atoms with van der Waals surface area (Å²) in [5.74, 6) is 0.914. The molecule has 4 nitrogen and oxygen atoms in total. The zero-order valence-electron chi connectivity index (χ0n) is 11.3. The van der Waals surface area contributed by atoms with Gasteiger partial charge in [-0.1, -0.05) is 0 Å². The Morgan fingerprint density at radius 1 is 1.40 bits per heavy atom. The predicted molar refractivity (Wildman–Crippen MR) is 80.2 cm³/mol. The lowest BCUT2D eigenvalue weighted by atomic mass is 9.85. The lowest BCUT2D eigenvalue weighted by Gasteiger charge is -2.20. The molecule has 0 radical (unpaired) electrons. The van der Waals surface area contributed by atoms with Gasteiger partial charge in [-0.3, -0.25) is 9.36 Å². The van der Waals surface area contributed by atoms with Crippen LogP contribution in [0.2, 0.25) is 0 Å². The first kappa shape index (κ1) is 12.5. The summed E-state index contributed by atoms with van der Waals surface area (Å²) in [5.41, 5.74) is 1.89. The van der Waals surface area contributed by atoms with E-state index in [1.54, 1.807) is 0 Å². The standard InChI is InChI=1S/C15H15BrN2O2/c1-9-6-10-12(11(16)7-9)17-14-15(3-5-20-8-15)2-4-18(14)13(10)19/h6-7H,2-5,8H2,1H3. The average Bonchev–Trinajstić information content (AvgIpc) is 3.01. The molecule has 1 saturated heterocycles. The van der Waals surface area contributed by atoms with Gasteiger partial charge in [0.15, 0.2) is 0 Å². The van der Waals surface area contributed by atoms with Crippen molar-refractivity contribution in [1.29, 1.82) is 0 Å². The van der Waals surface area contributed by atoms with Crippen molar-refractivity contribution in [3.8, 4) is 0 Å². The minimum atomic E-state index is -0.0440. The minimum absolute atomic E-state index is 0.0440. The van der Waals surface area contributed by atoms with Crippen LogP contribution in [-0.4, -0.2) is 22.8 Å². The highest BCUT2D eigenvalue weighted by molar-refractivity contribution is 9.10. The zero-order chi connectivity index (χ0) is 13.9. The van der Waals surface area contributed by atoms with Crippen LogP contribution >= 0.6 is 15.9 Å². The molecule has 1 aromatic heterocycles. The molecule has 0 saturated carbocycles. The highest BCUT2D eigenvalue weighted by Gasteiger charge is 2.44. The highest BCUT2D eigenvalue weighted by atomic mass is 79.9. The van der Waals surface area contributed by atoms with Crippen molar-refractivity contribution in [2.75, 3.05) is 13.2 Å². The number of rotatable bonds is 0. The number of ether oxygens (including phenoxy) is 1. The van der Waals surface area contributed by atoms with Gasteiger partial charge >= 0.3 is 0 Å². The normalized spacial score (nSPS) is 24.7. The maximum atomic E-state index is 12.7. The Morgan fingerprint density at radius 2 is 2.25 bits per heavy atom. The molecule has 0 bridgehead atoms.